The monoisotopic (exact) mass is 267 g/mol. The molecule has 102 valence electrons. The maximum atomic E-state index is 3.41. The van der Waals surface area contributed by atoms with Crippen molar-refractivity contribution < 1.29 is 0 Å². The van der Waals surface area contributed by atoms with E-state index in [1.807, 2.05) is 11.3 Å². The summed E-state index contributed by atoms with van der Waals surface area (Å²) >= 11 is 1.82. The highest BCUT2D eigenvalue weighted by molar-refractivity contribution is 7.14. The van der Waals surface area contributed by atoms with Crippen LogP contribution in [0, 0.1) is 5.41 Å². The van der Waals surface area contributed by atoms with Crippen molar-refractivity contribution in [3.05, 3.63) is 17.5 Å². The fourth-order valence-electron chi connectivity index (χ4n) is 2.73. The molecular formula is C14H25N3S. The van der Waals surface area contributed by atoms with E-state index >= 15 is 0 Å². The van der Waals surface area contributed by atoms with Crippen LogP contribution in [0.15, 0.2) is 17.5 Å². The quantitative estimate of drug-likeness (QED) is 0.881. The van der Waals surface area contributed by atoms with Crippen LogP contribution < -0.4 is 10.2 Å². The molecule has 1 aliphatic rings. The molecule has 0 atom stereocenters. The van der Waals surface area contributed by atoms with Crippen LogP contribution in [0.25, 0.3) is 0 Å². The van der Waals surface area contributed by atoms with Crippen LogP contribution in [0.5, 0.6) is 0 Å². The number of anilines is 1. The van der Waals surface area contributed by atoms with E-state index < -0.39 is 0 Å². The van der Waals surface area contributed by atoms with Crippen molar-refractivity contribution in [2.45, 2.75) is 13.8 Å². The number of hydrogen-bond acceptors (Lipinski definition) is 4. The van der Waals surface area contributed by atoms with Crippen LogP contribution in [0.3, 0.4) is 0 Å². The molecule has 0 bridgehead atoms. The van der Waals surface area contributed by atoms with Crippen molar-refractivity contribution >= 4 is 16.3 Å². The van der Waals surface area contributed by atoms with Crippen molar-refractivity contribution in [1.82, 2.24) is 10.2 Å². The van der Waals surface area contributed by atoms with E-state index in [0.717, 1.165) is 19.6 Å². The molecule has 1 aromatic heterocycles. The van der Waals surface area contributed by atoms with E-state index in [1.54, 1.807) is 0 Å². The summed E-state index contributed by atoms with van der Waals surface area (Å²) in [5, 5.41) is 6.93. The SMILES string of the molecule is CN(CC(C)(C)CN1CCNCC1)c1cccs1. The number of hydrogen-bond donors (Lipinski definition) is 1. The van der Waals surface area contributed by atoms with E-state index in [1.165, 1.54) is 24.6 Å². The van der Waals surface area contributed by atoms with E-state index in [9.17, 15) is 0 Å². The van der Waals surface area contributed by atoms with Gasteiger partial charge >= 0.3 is 0 Å². The number of nitrogens with one attached hydrogen (secondary N) is 1. The summed E-state index contributed by atoms with van der Waals surface area (Å²) in [5.74, 6) is 0. The molecular weight excluding hydrogens is 242 g/mol. The van der Waals surface area contributed by atoms with Gasteiger partial charge in [-0.05, 0) is 22.9 Å². The van der Waals surface area contributed by atoms with E-state index in [2.05, 4.69) is 53.5 Å². The first-order valence-electron chi connectivity index (χ1n) is 6.75. The van der Waals surface area contributed by atoms with E-state index in [0.29, 0.717) is 5.41 Å². The second-order valence-corrected chi connectivity index (χ2v) is 6.92. The second-order valence-electron chi connectivity index (χ2n) is 6.00. The molecule has 1 aliphatic heterocycles. The smallest absolute Gasteiger partial charge is 0.0906 e. The van der Waals surface area contributed by atoms with Crippen LogP contribution in [-0.4, -0.2) is 51.2 Å². The average molecular weight is 267 g/mol. The van der Waals surface area contributed by atoms with Gasteiger partial charge in [-0.3, -0.25) is 0 Å². The van der Waals surface area contributed by atoms with Crippen LogP contribution in [0.2, 0.25) is 0 Å². The lowest BCUT2D eigenvalue weighted by molar-refractivity contribution is 0.164. The van der Waals surface area contributed by atoms with Gasteiger partial charge in [0, 0.05) is 46.3 Å². The van der Waals surface area contributed by atoms with E-state index in [-0.39, 0.29) is 0 Å². The van der Waals surface area contributed by atoms with Gasteiger partial charge in [-0.25, -0.2) is 0 Å². The molecule has 0 radical (unpaired) electrons. The molecule has 1 saturated heterocycles. The Labute approximate surface area is 115 Å². The zero-order valence-electron chi connectivity index (χ0n) is 11.8. The van der Waals surface area contributed by atoms with Crippen molar-refractivity contribution in [2.75, 3.05) is 51.2 Å². The number of piperazine rings is 1. The Hall–Kier alpha value is -0.580. The molecule has 1 fully saturated rings. The Morgan fingerprint density at radius 3 is 2.72 bits per heavy atom. The molecule has 0 unspecified atom stereocenters. The molecule has 0 aliphatic carbocycles. The molecule has 2 rings (SSSR count). The summed E-state index contributed by atoms with van der Waals surface area (Å²) in [4.78, 5) is 4.96. The molecule has 1 aromatic rings. The molecule has 4 heteroatoms. The van der Waals surface area contributed by atoms with Gasteiger partial charge in [0.25, 0.3) is 0 Å². The molecule has 3 nitrogen and oxygen atoms in total. The molecule has 1 N–H and O–H groups in total. The maximum Gasteiger partial charge on any atom is 0.0906 e. The molecule has 18 heavy (non-hydrogen) atoms. The minimum Gasteiger partial charge on any atom is -0.366 e. The minimum atomic E-state index is 0.329. The number of thiophene rings is 1. The minimum absolute atomic E-state index is 0.329. The Bertz CT molecular complexity index is 342. The Morgan fingerprint density at radius 2 is 2.11 bits per heavy atom. The summed E-state index contributed by atoms with van der Waals surface area (Å²) in [7, 11) is 2.20. The molecule has 0 amide bonds. The normalized spacial score (nSPS) is 17.9. The summed E-state index contributed by atoms with van der Waals surface area (Å²) in [5.41, 5.74) is 0.329. The zero-order chi connectivity index (χ0) is 13.0. The Morgan fingerprint density at radius 1 is 1.39 bits per heavy atom. The van der Waals surface area contributed by atoms with Crippen LogP contribution in [0.4, 0.5) is 5.00 Å². The van der Waals surface area contributed by atoms with Gasteiger partial charge in [0.2, 0.25) is 0 Å². The Kier molecular flexibility index (Phi) is 4.65. The van der Waals surface area contributed by atoms with Crippen molar-refractivity contribution in [2.24, 2.45) is 5.41 Å². The summed E-state index contributed by atoms with van der Waals surface area (Å²) in [6.45, 7) is 11.7. The van der Waals surface area contributed by atoms with Crippen LogP contribution in [-0.2, 0) is 0 Å². The Balaban J connectivity index is 1.85. The number of nitrogens with zero attached hydrogens (tertiary/aromatic N) is 2. The first kappa shape index (κ1) is 13.8. The van der Waals surface area contributed by atoms with E-state index in [4.69, 9.17) is 0 Å². The highest BCUT2D eigenvalue weighted by atomic mass is 32.1. The third kappa shape index (κ3) is 3.97. The van der Waals surface area contributed by atoms with Gasteiger partial charge in [0.05, 0.1) is 5.00 Å². The second kappa shape index (κ2) is 6.04. The molecule has 2 heterocycles. The van der Waals surface area contributed by atoms with Gasteiger partial charge in [0.15, 0.2) is 0 Å². The lowest BCUT2D eigenvalue weighted by Crippen LogP contribution is -2.49. The van der Waals surface area contributed by atoms with Gasteiger partial charge in [-0.15, -0.1) is 11.3 Å². The maximum absolute atomic E-state index is 3.41. The summed E-state index contributed by atoms with van der Waals surface area (Å²) in [6.07, 6.45) is 0. The van der Waals surface area contributed by atoms with Crippen LogP contribution >= 0.6 is 11.3 Å². The topological polar surface area (TPSA) is 18.5 Å². The fraction of sp³-hybridized carbons (Fsp3) is 0.714. The predicted molar refractivity (Wildman–Crippen MR) is 80.7 cm³/mol. The van der Waals surface area contributed by atoms with Gasteiger partial charge in [0.1, 0.15) is 0 Å². The van der Waals surface area contributed by atoms with Crippen molar-refractivity contribution in [1.29, 1.82) is 0 Å². The van der Waals surface area contributed by atoms with Gasteiger partial charge in [-0.1, -0.05) is 13.8 Å². The highest BCUT2D eigenvalue weighted by Crippen LogP contribution is 2.25. The summed E-state index contributed by atoms with van der Waals surface area (Å²) in [6, 6.07) is 4.32. The van der Waals surface area contributed by atoms with Gasteiger partial charge in [-0.2, -0.15) is 0 Å². The third-order valence-corrected chi connectivity index (χ3v) is 4.39. The standard InChI is InChI=1S/C14H25N3S/c1-14(2,12-17-8-6-15-7-9-17)11-16(3)13-5-4-10-18-13/h4-5,10,15H,6-9,11-12H2,1-3H3. The molecule has 0 spiro atoms. The van der Waals surface area contributed by atoms with Gasteiger partial charge < -0.3 is 15.1 Å². The van der Waals surface area contributed by atoms with Crippen molar-refractivity contribution in [3.63, 3.8) is 0 Å². The lowest BCUT2D eigenvalue weighted by atomic mass is 9.92. The molecule has 0 aromatic carbocycles. The average Bonchev–Trinajstić information content (AvgIpc) is 2.82. The van der Waals surface area contributed by atoms with Crippen LogP contribution in [0.1, 0.15) is 13.8 Å². The first-order chi connectivity index (χ1) is 8.57. The first-order valence-corrected chi connectivity index (χ1v) is 7.62. The van der Waals surface area contributed by atoms with Crippen molar-refractivity contribution in [3.8, 4) is 0 Å². The zero-order valence-corrected chi connectivity index (χ0v) is 12.6. The number of rotatable bonds is 5. The fourth-order valence-corrected chi connectivity index (χ4v) is 3.43. The summed E-state index contributed by atoms with van der Waals surface area (Å²) < 4.78 is 0. The third-order valence-electron chi connectivity index (χ3n) is 3.41. The largest absolute Gasteiger partial charge is 0.366 e. The predicted octanol–water partition coefficient (Wildman–Crippen LogP) is 2.12. The lowest BCUT2D eigenvalue weighted by Gasteiger charge is -2.37. The molecule has 0 saturated carbocycles. The highest BCUT2D eigenvalue weighted by Gasteiger charge is 2.24.